The number of anilines is 3. The van der Waals surface area contributed by atoms with Crippen molar-refractivity contribution in [3.63, 3.8) is 0 Å². The largest absolute Gasteiger partial charge is 0.501 e. The lowest BCUT2D eigenvalue weighted by atomic mass is 9.72. The van der Waals surface area contributed by atoms with Crippen LogP contribution in [0.2, 0.25) is 0 Å². The summed E-state index contributed by atoms with van der Waals surface area (Å²) in [6.45, 7) is 16.5. The highest BCUT2D eigenvalue weighted by atomic mass is 32.2. The lowest BCUT2D eigenvalue weighted by molar-refractivity contribution is -0.136. The van der Waals surface area contributed by atoms with Crippen LogP contribution in [-0.2, 0) is 29.4 Å². The molecule has 0 aromatic heterocycles. The van der Waals surface area contributed by atoms with Gasteiger partial charge in [-0.3, -0.25) is 39.1 Å². The van der Waals surface area contributed by atoms with Crippen molar-refractivity contribution in [1.82, 2.24) is 29.6 Å². The third-order valence-corrected chi connectivity index (χ3v) is 21.2. The van der Waals surface area contributed by atoms with Crippen LogP contribution in [0.1, 0.15) is 109 Å². The fourth-order valence-electron chi connectivity index (χ4n) is 12.0. The maximum atomic E-state index is 14.5. The highest BCUT2D eigenvalue weighted by Gasteiger charge is 2.49. The molecule has 3 saturated heterocycles. The predicted molar refractivity (Wildman–Crippen MR) is 331 cm³/mol. The van der Waals surface area contributed by atoms with E-state index in [1.54, 1.807) is 30.3 Å². The van der Waals surface area contributed by atoms with E-state index in [9.17, 15) is 62.8 Å². The van der Waals surface area contributed by atoms with E-state index in [0.29, 0.717) is 82.8 Å². The Balaban J connectivity index is 0.782. The SMILES string of the molecule is C=C(CCC(F)F)C1=C(CN2CCN(c3ccc(C(=O)NS(=O)(=O)c4ccc(N[C@H](CCN5CCN(CCCCNc6cccc7c6C(=O)N(C6CCC(=O)NC6=O)C7=O)CC5)CSc5ccccc5)c(S(=O)(=O)C(F)(F)F)c4)cc3)CC2)CCC(C)(C)C1. The molecule has 4 aliphatic heterocycles. The molecule has 2 atom stereocenters. The van der Waals surface area contributed by atoms with Crippen molar-refractivity contribution in [1.29, 1.82) is 0 Å². The summed E-state index contributed by atoms with van der Waals surface area (Å²) in [5.41, 5.74) is -1.53. The predicted octanol–water partition coefficient (Wildman–Crippen LogP) is 9.20. The first-order chi connectivity index (χ1) is 42.3. The first-order valence-electron chi connectivity index (χ1n) is 30.0. The Morgan fingerprint density at radius 3 is 2.15 bits per heavy atom. The minimum absolute atomic E-state index is 0.0185. The number of piperazine rings is 2. The minimum Gasteiger partial charge on any atom is -0.384 e. The van der Waals surface area contributed by atoms with Crippen LogP contribution in [0.15, 0.2) is 129 Å². The Morgan fingerprint density at radius 2 is 1.47 bits per heavy atom. The van der Waals surface area contributed by atoms with Gasteiger partial charge in [-0.1, -0.05) is 55.8 Å². The molecule has 26 heteroatoms. The van der Waals surface area contributed by atoms with Crippen molar-refractivity contribution >= 4 is 78.2 Å². The van der Waals surface area contributed by atoms with Gasteiger partial charge in [0.05, 0.1) is 21.7 Å². The Morgan fingerprint density at radius 1 is 0.787 bits per heavy atom. The molecule has 9 rings (SSSR count). The average Bonchev–Trinajstić information content (AvgIpc) is 1.80. The highest BCUT2D eigenvalue weighted by molar-refractivity contribution is 7.99. The molecule has 0 bridgehead atoms. The molecule has 3 fully saturated rings. The van der Waals surface area contributed by atoms with Gasteiger partial charge in [0.2, 0.25) is 18.2 Å². The molecule has 1 aliphatic carbocycles. The monoisotopic (exact) mass is 1290 g/mol. The number of hydrogen-bond acceptors (Lipinski definition) is 16. The van der Waals surface area contributed by atoms with Crippen LogP contribution in [0.5, 0.6) is 0 Å². The number of nitrogens with one attached hydrogen (secondary N) is 4. The number of piperidine rings is 1. The Labute approximate surface area is 521 Å². The maximum Gasteiger partial charge on any atom is 0.501 e. The normalized spacial score (nSPS) is 19.3. The zero-order valence-corrected chi connectivity index (χ0v) is 52.3. The second kappa shape index (κ2) is 28.6. The van der Waals surface area contributed by atoms with Gasteiger partial charge in [0.1, 0.15) is 10.9 Å². The minimum atomic E-state index is -6.16. The molecule has 1 unspecified atom stereocenters. The molecule has 18 nitrogen and oxygen atoms in total. The van der Waals surface area contributed by atoms with E-state index in [1.807, 2.05) is 35.1 Å². The number of sulfone groups is 1. The van der Waals surface area contributed by atoms with Gasteiger partial charge in [0, 0.05) is 118 Å². The number of halogens is 5. The molecule has 0 spiro atoms. The smallest absolute Gasteiger partial charge is 0.384 e. The summed E-state index contributed by atoms with van der Waals surface area (Å²) in [6.07, 6.45) is 2.27. The number of rotatable bonds is 26. The molecule has 4 aromatic carbocycles. The molecule has 5 amide bonds. The van der Waals surface area contributed by atoms with Crippen LogP contribution < -0.4 is 25.6 Å². The number of benzene rings is 4. The number of amides is 5. The van der Waals surface area contributed by atoms with Gasteiger partial charge in [-0.05, 0) is 136 Å². The standard InChI is InChI=1S/C63H76F5N9O9S3/c1-42(14-22-55(64)65)50-39-62(2,3)26-24-44(50)40-75-34-36-76(37-35-75)46-17-15-43(16-18-46)58(79)72-89(85,86)48-19-20-51(54(38-48)88(83,84)63(66,67)68)70-45(41-87-47-10-5-4-6-11-47)25-29-74-32-30-73(31-33-74)28-8-7-27-69-52-13-9-12-49-57(52)61(82)77(60(49)81)53-21-23-56(78)71-59(53)80/h4-6,9-13,15-20,38,45,53,55,69-70H,1,7-8,14,21-37,39-41H2,2-3H3,(H,72,79)(H,71,78,80)/t45-,53?/m1/s1. The third-order valence-electron chi connectivity index (χ3n) is 17.1. The molecular formula is C63H76F5N9O9S3. The average molecular weight is 1290 g/mol. The highest BCUT2D eigenvalue weighted by Crippen LogP contribution is 2.43. The summed E-state index contributed by atoms with van der Waals surface area (Å²) in [6, 6.07) is 21.0. The van der Waals surface area contributed by atoms with Gasteiger partial charge >= 0.3 is 5.51 Å². The number of alkyl halides is 5. The number of imide groups is 2. The van der Waals surface area contributed by atoms with Gasteiger partial charge in [-0.2, -0.15) is 13.2 Å². The molecule has 480 valence electrons. The molecule has 4 N–H and O–H groups in total. The number of hydrogen-bond donors (Lipinski definition) is 4. The van der Waals surface area contributed by atoms with E-state index in [4.69, 9.17) is 0 Å². The van der Waals surface area contributed by atoms with Gasteiger partial charge in [-0.25, -0.2) is 30.3 Å². The zero-order valence-electron chi connectivity index (χ0n) is 49.9. The number of unbranched alkanes of at least 4 members (excludes halogenated alkanes) is 1. The maximum absolute atomic E-state index is 14.5. The van der Waals surface area contributed by atoms with Gasteiger partial charge < -0.3 is 25.3 Å². The van der Waals surface area contributed by atoms with E-state index >= 15 is 0 Å². The molecule has 0 saturated carbocycles. The number of allylic oxidation sites excluding steroid dienone is 2. The van der Waals surface area contributed by atoms with Crippen molar-refractivity contribution < 1.29 is 62.8 Å². The van der Waals surface area contributed by atoms with E-state index in [2.05, 4.69) is 56.0 Å². The van der Waals surface area contributed by atoms with Crippen LogP contribution in [0.3, 0.4) is 0 Å². The van der Waals surface area contributed by atoms with Crippen LogP contribution in [0, 0.1) is 5.41 Å². The lowest BCUT2D eigenvalue weighted by Crippen LogP contribution is -2.54. The third kappa shape index (κ3) is 16.6. The number of sulfonamides is 1. The van der Waals surface area contributed by atoms with Crippen LogP contribution >= 0.6 is 11.8 Å². The summed E-state index contributed by atoms with van der Waals surface area (Å²) in [7, 11) is -11.1. The summed E-state index contributed by atoms with van der Waals surface area (Å²) in [4.78, 5) is 73.1. The molecule has 89 heavy (non-hydrogen) atoms. The topological polar surface area (TPSA) is 218 Å². The summed E-state index contributed by atoms with van der Waals surface area (Å²) < 4.78 is 126. The van der Waals surface area contributed by atoms with Crippen molar-refractivity contribution in [3.05, 3.63) is 131 Å². The van der Waals surface area contributed by atoms with Gasteiger partial charge in [0.25, 0.3) is 37.6 Å². The quantitative estimate of drug-likeness (QED) is 0.0199. The number of fused-ring (bicyclic) bond motifs is 1. The molecule has 0 radical (unpaired) electrons. The first kappa shape index (κ1) is 66.7. The van der Waals surface area contributed by atoms with E-state index in [1.165, 1.54) is 29.5 Å². The fraction of sp³-hybridized carbons (Fsp3) is 0.476. The molecule has 5 aliphatic rings. The molecular weight excluding hydrogens is 1220 g/mol. The zero-order chi connectivity index (χ0) is 63.8. The van der Waals surface area contributed by atoms with Crippen molar-refractivity contribution in [2.24, 2.45) is 5.41 Å². The van der Waals surface area contributed by atoms with Gasteiger partial charge in [0.15, 0.2) is 0 Å². The van der Waals surface area contributed by atoms with Crippen molar-refractivity contribution in [2.75, 3.05) is 99.8 Å². The van der Waals surface area contributed by atoms with E-state index in [-0.39, 0.29) is 47.8 Å². The number of nitrogens with zero attached hydrogens (tertiary/aromatic N) is 5. The van der Waals surface area contributed by atoms with E-state index in [0.717, 1.165) is 90.5 Å². The Hall–Kier alpha value is -6.71. The molecule has 4 heterocycles. The van der Waals surface area contributed by atoms with Crippen LogP contribution in [-0.4, -0.2) is 174 Å². The summed E-state index contributed by atoms with van der Waals surface area (Å²) in [5, 5.41) is 8.51. The van der Waals surface area contributed by atoms with Crippen molar-refractivity contribution in [2.45, 2.75) is 117 Å². The van der Waals surface area contributed by atoms with E-state index < -0.39 is 88.9 Å². The first-order valence-corrected chi connectivity index (χ1v) is 34.0. The summed E-state index contributed by atoms with van der Waals surface area (Å²) in [5.74, 6) is -3.09. The number of thioether (sulfide) groups is 1. The number of carbonyl (C=O) groups is 5. The fourth-order valence-corrected chi connectivity index (χ4v) is 15.0. The Bertz CT molecular complexity index is 3540. The van der Waals surface area contributed by atoms with Gasteiger partial charge in [-0.15, -0.1) is 11.8 Å². The van der Waals surface area contributed by atoms with Crippen LogP contribution in [0.25, 0.3) is 0 Å². The summed E-state index contributed by atoms with van der Waals surface area (Å²) >= 11 is 1.41. The molecule has 4 aromatic rings. The Kier molecular flexibility index (Phi) is 21.5. The lowest BCUT2D eigenvalue weighted by Gasteiger charge is -2.39. The number of carbonyl (C=O) groups excluding carboxylic acids is 5. The second-order valence-corrected chi connectivity index (χ2v) is 28.7. The second-order valence-electron chi connectivity index (χ2n) is 24.1. The van der Waals surface area contributed by atoms with Crippen molar-refractivity contribution in [3.8, 4) is 0 Å². The van der Waals surface area contributed by atoms with Crippen LogP contribution in [0.4, 0.5) is 39.0 Å².